The van der Waals surface area contributed by atoms with Gasteiger partial charge in [0.05, 0.1) is 11.1 Å². The van der Waals surface area contributed by atoms with Crippen molar-refractivity contribution >= 4 is 35.5 Å². The minimum atomic E-state index is -0.655. The molecule has 1 aliphatic rings. The van der Waals surface area contributed by atoms with Crippen LogP contribution in [-0.4, -0.2) is 47.8 Å². The quantitative estimate of drug-likeness (QED) is 0.618. The molecule has 0 N–H and O–H groups in total. The first kappa shape index (κ1) is 18.0. The number of urea groups is 1. The van der Waals surface area contributed by atoms with Crippen LogP contribution >= 0.6 is 11.6 Å². The highest BCUT2D eigenvalue weighted by Gasteiger charge is 2.37. The number of amides is 4. The van der Waals surface area contributed by atoms with Crippen LogP contribution in [0.1, 0.15) is 25.8 Å². The van der Waals surface area contributed by atoms with Gasteiger partial charge in [-0.2, -0.15) is 0 Å². The average Bonchev–Trinajstić information content (AvgIpc) is 2.57. The molecule has 1 aliphatic heterocycles. The zero-order valence-corrected chi connectivity index (χ0v) is 14.8. The lowest BCUT2D eigenvalue weighted by Crippen LogP contribution is -2.52. The average molecular weight is 351 g/mol. The fourth-order valence-electron chi connectivity index (χ4n) is 2.14. The van der Waals surface area contributed by atoms with E-state index in [1.807, 2.05) is 13.8 Å². The van der Waals surface area contributed by atoms with Gasteiger partial charge < -0.3 is 4.74 Å². The van der Waals surface area contributed by atoms with Crippen LogP contribution in [0.2, 0.25) is 5.02 Å². The molecule has 1 atom stereocenters. The standard InChI is InChI=1S/C17H19ClN2O4/c1-5-10(2)24-14-7-6-11(9-13(14)18)8-12-15(21)19(3)17(23)20(4)16(12)22/h6-10H,5H2,1-4H3/t10-/m1/s1. The number of benzene rings is 1. The van der Waals surface area contributed by atoms with Crippen LogP contribution in [0.3, 0.4) is 0 Å². The van der Waals surface area contributed by atoms with Crippen LogP contribution in [-0.2, 0) is 9.59 Å². The number of hydrogen-bond donors (Lipinski definition) is 0. The van der Waals surface area contributed by atoms with E-state index in [9.17, 15) is 14.4 Å². The van der Waals surface area contributed by atoms with Crippen molar-refractivity contribution in [3.05, 3.63) is 34.4 Å². The molecule has 128 valence electrons. The van der Waals surface area contributed by atoms with Crippen molar-refractivity contribution in [2.24, 2.45) is 0 Å². The number of likely N-dealkylation sites (N-methyl/N-ethyl adjacent to an activating group) is 2. The van der Waals surface area contributed by atoms with Gasteiger partial charge in [-0.1, -0.05) is 24.6 Å². The predicted octanol–water partition coefficient (Wildman–Crippen LogP) is 2.95. The largest absolute Gasteiger partial charge is 0.489 e. The number of nitrogens with zero attached hydrogens (tertiary/aromatic N) is 2. The van der Waals surface area contributed by atoms with Gasteiger partial charge in [0, 0.05) is 14.1 Å². The van der Waals surface area contributed by atoms with Crippen molar-refractivity contribution in [2.75, 3.05) is 14.1 Å². The summed E-state index contributed by atoms with van der Waals surface area (Å²) in [6, 6.07) is 4.35. The maximum absolute atomic E-state index is 12.2. The van der Waals surface area contributed by atoms with Crippen LogP contribution in [0.25, 0.3) is 6.08 Å². The zero-order chi connectivity index (χ0) is 18.0. The monoisotopic (exact) mass is 350 g/mol. The third-order valence-electron chi connectivity index (χ3n) is 3.81. The summed E-state index contributed by atoms with van der Waals surface area (Å²) in [5, 5.41) is 0.387. The molecule has 6 nitrogen and oxygen atoms in total. The first-order chi connectivity index (χ1) is 11.3. The number of carbonyl (C=O) groups excluding carboxylic acids is 3. The Bertz CT molecular complexity index is 703. The van der Waals surface area contributed by atoms with Crippen LogP contribution < -0.4 is 4.74 Å². The molecule has 0 unspecified atom stereocenters. The highest BCUT2D eigenvalue weighted by molar-refractivity contribution is 6.32. The summed E-state index contributed by atoms with van der Waals surface area (Å²) in [7, 11) is 2.66. The first-order valence-corrected chi connectivity index (χ1v) is 7.92. The molecule has 0 saturated carbocycles. The molecule has 24 heavy (non-hydrogen) atoms. The lowest BCUT2D eigenvalue weighted by atomic mass is 10.1. The summed E-state index contributed by atoms with van der Waals surface area (Å²) in [6.45, 7) is 3.94. The number of hydrogen-bond acceptors (Lipinski definition) is 4. The number of carbonyl (C=O) groups is 3. The molecule has 1 saturated heterocycles. The van der Waals surface area contributed by atoms with E-state index in [1.54, 1.807) is 18.2 Å². The predicted molar refractivity (Wildman–Crippen MR) is 90.7 cm³/mol. The molecule has 1 aromatic rings. The summed E-state index contributed by atoms with van der Waals surface area (Å²) in [5.74, 6) is -0.739. The highest BCUT2D eigenvalue weighted by atomic mass is 35.5. The Morgan fingerprint density at radius 3 is 2.25 bits per heavy atom. The van der Waals surface area contributed by atoms with Gasteiger partial charge in [-0.3, -0.25) is 19.4 Å². The van der Waals surface area contributed by atoms with E-state index in [1.165, 1.54) is 20.2 Å². The Morgan fingerprint density at radius 1 is 1.17 bits per heavy atom. The number of imide groups is 2. The molecular formula is C17H19ClN2O4. The normalized spacial score (nSPS) is 16.5. The minimum absolute atomic E-state index is 0.0292. The Balaban J connectivity index is 2.33. The Morgan fingerprint density at radius 2 is 1.75 bits per heavy atom. The lowest BCUT2D eigenvalue weighted by molar-refractivity contribution is -0.134. The van der Waals surface area contributed by atoms with E-state index >= 15 is 0 Å². The van der Waals surface area contributed by atoms with Crippen molar-refractivity contribution in [3.8, 4) is 5.75 Å². The SMILES string of the molecule is CC[C@@H](C)Oc1ccc(C=C2C(=O)N(C)C(=O)N(C)C2=O)cc1Cl. The molecule has 0 radical (unpaired) electrons. The number of rotatable bonds is 4. The molecule has 1 aromatic carbocycles. The van der Waals surface area contributed by atoms with Gasteiger partial charge in [0.2, 0.25) is 0 Å². The van der Waals surface area contributed by atoms with Gasteiger partial charge in [-0.15, -0.1) is 0 Å². The number of ether oxygens (including phenoxy) is 1. The van der Waals surface area contributed by atoms with Gasteiger partial charge in [-0.05, 0) is 37.1 Å². The molecule has 1 fully saturated rings. The van der Waals surface area contributed by atoms with Gasteiger partial charge in [-0.25, -0.2) is 4.79 Å². The van der Waals surface area contributed by atoms with E-state index in [-0.39, 0.29) is 11.7 Å². The second-order valence-corrected chi connectivity index (χ2v) is 6.00. The second-order valence-electron chi connectivity index (χ2n) is 5.60. The summed E-state index contributed by atoms with van der Waals surface area (Å²) >= 11 is 6.20. The number of barbiturate groups is 1. The molecular weight excluding hydrogens is 332 g/mol. The molecule has 0 aromatic heterocycles. The summed E-state index contributed by atoms with van der Waals surface area (Å²) in [4.78, 5) is 37.8. The van der Waals surface area contributed by atoms with E-state index in [0.29, 0.717) is 16.3 Å². The Labute approximate surface area is 145 Å². The molecule has 4 amide bonds. The fourth-order valence-corrected chi connectivity index (χ4v) is 2.38. The Hall–Kier alpha value is -2.34. The summed E-state index contributed by atoms with van der Waals surface area (Å²) in [5.41, 5.74) is 0.482. The second kappa shape index (κ2) is 7.05. The van der Waals surface area contributed by atoms with Gasteiger partial charge in [0.25, 0.3) is 11.8 Å². The summed E-state index contributed by atoms with van der Waals surface area (Å²) < 4.78 is 5.68. The van der Waals surface area contributed by atoms with Gasteiger partial charge in [0.15, 0.2) is 0 Å². The van der Waals surface area contributed by atoms with Crippen molar-refractivity contribution in [3.63, 3.8) is 0 Å². The fraction of sp³-hybridized carbons (Fsp3) is 0.353. The third kappa shape index (κ3) is 3.43. The molecule has 2 rings (SSSR count). The van der Waals surface area contributed by atoms with E-state index in [0.717, 1.165) is 16.2 Å². The maximum Gasteiger partial charge on any atom is 0.333 e. The highest BCUT2D eigenvalue weighted by Crippen LogP contribution is 2.28. The van der Waals surface area contributed by atoms with E-state index in [4.69, 9.17) is 16.3 Å². The van der Waals surface area contributed by atoms with Crippen LogP contribution in [0.15, 0.2) is 23.8 Å². The zero-order valence-electron chi connectivity index (χ0n) is 14.0. The Kier molecular flexibility index (Phi) is 5.29. The lowest BCUT2D eigenvalue weighted by Gasteiger charge is -2.28. The van der Waals surface area contributed by atoms with E-state index in [2.05, 4.69) is 0 Å². The third-order valence-corrected chi connectivity index (χ3v) is 4.11. The van der Waals surface area contributed by atoms with Gasteiger partial charge in [0.1, 0.15) is 11.3 Å². The summed E-state index contributed by atoms with van der Waals surface area (Å²) in [6.07, 6.45) is 2.29. The van der Waals surface area contributed by atoms with Gasteiger partial charge >= 0.3 is 6.03 Å². The maximum atomic E-state index is 12.2. The molecule has 0 aliphatic carbocycles. The van der Waals surface area contributed by atoms with Crippen molar-refractivity contribution in [2.45, 2.75) is 26.4 Å². The van der Waals surface area contributed by atoms with Crippen LogP contribution in [0.4, 0.5) is 4.79 Å². The molecule has 7 heteroatoms. The van der Waals surface area contributed by atoms with Crippen LogP contribution in [0.5, 0.6) is 5.75 Å². The first-order valence-electron chi connectivity index (χ1n) is 7.54. The van der Waals surface area contributed by atoms with Crippen molar-refractivity contribution in [1.29, 1.82) is 0 Å². The molecule has 0 spiro atoms. The van der Waals surface area contributed by atoms with E-state index < -0.39 is 17.8 Å². The number of halogens is 1. The van der Waals surface area contributed by atoms with Crippen molar-refractivity contribution in [1.82, 2.24) is 9.80 Å². The van der Waals surface area contributed by atoms with Crippen molar-refractivity contribution < 1.29 is 19.1 Å². The van der Waals surface area contributed by atoms with Crippen LogP contribution in [0, 0.1) is 0 Å². The molecule has 1 heterocycles. The minimum Gasteiger partial charge on any atom is -0.489 e. The molecule has 0 bridgehead atoms. The topological polar surface area (TPSA) is 66.9 Å². The smallest absolute Gasteiger partial charge is 0.333 e.